The second-order valence-electron chi connectivity index (χ2n) is 4.11. The molecule has 0 aromatic carbocycles. The molecular formula is C14H28O2. The van der Waals surface area contributed by atoms with Gasteiger partial charge in [-0.2, -0.15) is 0 Å². The van der Waals surface area contributed by atoms with Gasteiger partial charge < -0.3 is 9.47 Å². The van der Waals surface area contributed by atoms with Crippen LogP contribution in [0.5, 0.6) is 0 Å². The highest BCUT2D eigenvalue weighted by molar-refractivity contribution is 4.85. The minimum atomic E-state index is 0.209. The van der Waals surface area contributed by atoms with Crippen LogP contribution in [0.3, 0.4) is 0 Å². The number of hydrogen-bond acceptors (Lipinski definition) is 2. The van der Waals surface area contributed by atoms with E-state index in [1.807, 2.05) is 6.08 Å². The predicted octanol–water partition coefficient (Wildman–Crippen LogP) is 3.81. The van der Waals surface area contributed by atoms with Crippen LogP contribution in [0.4, 0.5) is 0 Å². The van der Waals surface area contributed by atoms with Gasteiger partial charge in [-0.3, -0.25) is 0 Å². The second kappa shape index (κ2) is 11.2. The molecule has 0 saturated heterocycles. The molecule has 0 saturated carbocycles. The van der Waals surface area contributed by atoms with Crippen LogP contribution in [-0.4, -0.2) is 25.9 Å². The third-order valence-electron chi connectivity index (χ3n) is 2.84. The van der Waals surface area contributed by atoms with Crippen LogP contribution in [-0.2, 0) is 9.47 Å². The topological polar surface area (TPSA) is 18.5 Å². The SMILES string of the molecule is C=C[C@H](OCCCOCCC)C(CC)CC. The molecule has 0 radical (unpaired) electrons. The fourth-order valence-corrected chi connectivity index (χ4v) is 1.78. The van der Waals surface area contributed by atoms with E-state index in [9.17, 15) is 0 Å². The summed E-state index contributed by atoms with van der Waals surface area (Å²) in [5.74, 6) is 0.606. The van der Waals surface area contributed by atoms with Crippen LogP contribution in [0.2, 0.25) is 0 Å². The summed E-state index contributed by atoms with van der Waals surface area (Å²) in [4.78, 5) is 0. The normalized spacial score (nSPS) is 13.0. The van der Waals surface area contributed by atoms with Gasteiger partial charge in [0.05, 0.1) is 6.10 Å². The summed E-state index contributed by atoms with van der Waals surface area (Å²) in [6.07, 6.45) is 6.51. The van der Waals surface area contributed by atoms with Crippen LogP contribution < -0.4 is 0 Å². The summed E-state index contributed by atoms with van der Waals surface area (Å²) in [5.41, 5.74) is 0. The van der Waals surface area contributed by atoms with Crippen molar-refractivity contribution in [1.29, 1.82) is 0 Å². The van der Waals surface area contributed by atoms with Crippen molar-refractivity contribution in [2.24, 2.45) is 5.92 Å². The third kappa shape index (κ3) is 7.02. The van der Waals surface area contributed by atoms with E-state index in [2.05, 4.69) is 27.4 Å². The molecule has 16 heavy (non-hydrogen) atoms. The zero-order valence-electron chi connectivity index (χ0n) is 11.2. The van der Waals surface area contributed by atoms with Gasteiger partial charge in [-0.25, -0.2) is 0 Å². The molecule has 0 rings (SSSR count). The van der Waals surface area contributed by atoms with Gasteiger partial charge in [0.25, 0.3) is 0 Å². The zero-order valence-corrected chi connectivity index (χ0v) is 11.2. The lowest BCUT2D eigenvalue weighted by Crippen LogP contribution is -2.21. The minimum Gasteiger partial charge on any atom is -0.381 e. The number of ether oxygens (including phenoxy) is 2. The molecule has 0 bridgehead atoms. The number of hydrogen-bond donors (Lipinski definition) is 0. The Morgan fingerprint density at radius 3 is 2.25 bits per heavy atom. The fourth-order valence-electron chi connectivity index (χ4n) is 1.78. The van der Waals surface area contributed by atoms with Gasteiger partial charge in [0.1, 0.15) is 0 Å². The van der Waals surface area contributed by atoms with E-state index in [1.54, 1.807) is 0 Å². The average Bonchev–Trinajstić information content (AvgIpc) is 2.32. The van der Waals surface area contributed by atoms with E-state index in [-0.39, 0.29) is 6.10 Å². The summed E-state index contributed by atoms with van der Waals surface area (Å²) in [7, 11) is 0. The van der Waals surface area contributed by atoms with E-state index >= 15 is 0 Å². The molecule has 0 aliphatic heterocycles. The largest absolute Gasteiger partial charge is 0.381 e. The average molecular weight is 228 g/mol. The van der Waals surface area contributed by atoms with Gasteiger partial charge in [0.15, 0.2) is 0 Å². The summed E-state index contributed by atoms with van der Waals surface area (Å²) < 4.78 is 11.2. The third-order valence-corrected chi connectivity index (χ3v) is 2.84. The van der Waals surface area contributed by atoms with Gasteiger partial charge >= 0.3 is 0 Å². The Morgan fingerprint density at radius 2 is 1.75 bits per heavy atom. The molecule has 0 aliphatic rings. The van der Waals surface area contributed by atoms with Gasteiger partial charge in [-0.05, 0) is 18.8 Å². The Hall–Kier alpha value is -0.340. The summed E-state index contributed by atoms with van der Waals surface area (Å²) in [6.45, 7) is 12.8. The van der Waals surface area contributed by atoms with Crippen molar-refractivity contribution < 1.29 is 9.47 Å². The maximum atomic E-state index is 5.82. The monoisotopic (exact) mass is 228 g/mol. The van der Waals surface area contributed by atoms with E-state index in [0.717, 1.165) is 45.5 Å². The highest BCUT2D eigenvalue weighted by Gasteiger charge is 2.15. The molecule has 96 valence electrons. The molecule has 0 amide bonds. The Labute approximate surface area is 101 Å². The van der Waals surface area contributed by atoms with Crippen LogP contribution in [0.15, 0.2) is 12.7 Å². The molecule has 0 unspecified atom stereocenters. The summed E-state index contributed by atoms with van der Waals surface area (Å²) in [6, 6.07) is 0. The molecule has 2 heteroatoms. The standard InChI is InChI=1S/C14H28O2/c1-5-10-15-11-9-12-16-14(8-4)13(6-2)7-3/h8,13-14H,4-7,9-12H2,1-3H3/t14-/m0/s1. The van der Waals surface area contributed by atoms with Crippen LogP contribution in [0.1, 0.15) is 46.5 Å². The molecule has 0 aliphatic carbocycles. The van der Waals surface area contributed by atoms with Gasteiger partial charge in [0, 0.05) is 19.8 Å². The highest BCUT2D eigenvalue weighted by Crippen LogP contribution is 2.17. The Bertz CT molecular complexity index is 153. The maximum absolute atomic E-state index is 5.82. The van der Waals surface area contributed by atoms with Gasteiger partial charge in [-0.15, -0.1) is 6.58 Å². The molecule has 0 aromatic rings. The van der Waals surface area contributed by atoms with Crippen molar-refractivity contribution in [2.75, 3.05) is 19.8 Å². The quantitative estimate of drug-likeness (QED) is 0.395. The van der Waals surface area contributed by atoms with Crippen molar-refractivity contribution >= 4 is 0 Å². The van der Waals surface area contributed by atoms with Crippen molar-refractivity contribution in [1.82, 2.24) is 0 Å². The zero-order chi connectivity index (χ0) is 12.2. The summed E-state index contributed by atoms with van der Waals surface area (Å²) in [5, 5.41) is 0. The molecule has 0 fully saturated rings. The first kappa shape index (κ1) is 15.7. The fraction of sp³-hybridized carbons (Fsp3) is 0.857. The molecular weight excluding hydrogens is 200 g/mol. The first-order chi connectivity index (χ1) is 7.79. The molecule has 0 N–H and O–H groups in total. The molecule has 0 spiro atoms. The van der Waals surface area contributed by atoms with Crippen molar-refractivity contribution in [3.63, 3.8) is 0 Å². The first-order valence-corrected chi connectivity index (χ1v) is 6.61. The molecule has 0 aromatic heterocycles. The Balaban J connectivity index is 3.58. The van der Waals surface area contributed by atoms with Crippen LogP contribution in [0, 0.1) is 5.92 Å². The van der Waals surface area contributed by atoms with Gasteiger partial charge in [-0.1, -0.05) is 39.7 Å². The van der Waals surface area contributed by atoms with Crippen molar-refractivity contribution in [3.8, 4) is 0 Å². The van der Waals surface area contributed by atoms with Gasteiger partial charge in [0.2, 0.25) is 0 Å². The van der Waals surface area contributed by atoms with E-state index in [1.165, 1.54) is 0 Å². The number of rotatable bonds is 11. The highest BCUT2D eigenvalue weighted by atomic mass is 16.5. The van der Waals surface area contributed by atoms with E-state index in [4.69, 9.17) is 9.47 Å². The minimum absolute atomic E-state index is 0.209. The molecule has 2 nitrogen and oxygen atoms in total. The molecule has 1 atom stereocenters. The lowest BCUT2D eigenvalue weighted by molar-refractivity contribution is 0.0253. The van der Waals surface area contributed by atoms with Crippen molar-refractivity contribution in [3.05, 3.63) is 12.7 Å². The smallest absolute Gasteiger partial charge is 0.0781 e. The Kier molecular flexibility index (Phi) is 10.9. The first-order valence-electron chi connectivity index (χ1n) is 6.61. The van der Waals surface area contributed by atoms with E-state index < -0.39 is 0 Å². The predicted molar refractivity (Wildman–Crippen MR) is 69.7 cm³/mol. The Morgan fingerprint density at radius 1 is 1.06 bits per heavy atom. The van der Waals surface area contributed by atoms with Crippen LogP contribution >= 0.6 is 0 Å². The maximum Gasteiger partial charge on any atom is 0.0781 e. The van der Waals surface area contributed by atoms with Crippen LogP contribution in [0.25, 0.3) is 0 Å². The second-order valence-corrected chi connectivity index (χ2v) is 4.11. The van der Waals surface area contributed by atoms with Crippen molar-refractivity contribution in [2.45, 2.75) is 52.6 Å². The van der Waals surface area contributed by atoms with E-state index in [0.29, 0.717) is 5.92 Å². The lowest BCUT2D eigenvalue weighted by atomic mass is 9.96. The lowest BCUT2D eigenvalue weighted by Gasteiger charge is -2.22. The molecule has 0 heterocycles. The summed E-state index contributed by atoms with van der Waals surface area (Å²) >= 11 is 0.